The van der Waals surface area contributed by atoms with Crippen molar-refractivity contribution < 1.29 is 19.8 Å². The van der Waals surface area contributed by atoms with Crippen molar-refractivity contribution in [1.29, 1.82) is 0 Å². The fourth-order valence-corrected chi connectivity index (χ4v) is 2.77. The zero-order valence-electron chi connectivity index (χ0n) is 13.9. The number of pyridine rings is 1. The molecule has 2 aromatic heterocycles. The van der Waals surface area contributed by atoms with Crippen LogP contribution < -0.4 is 5.56 Å². The first-order valence-corrected chi connectivity index (χ1v) is 8.01. The lowest BCUT2D eigenvalue weighted by Crippen LogP contribution is -2.15. The maximum atomic E-state index is 12.0. The maximum absolute atomic E-state index is 12.0. The van der Waals surface area contributed by atoms with Gasteiger partial charge in [-0.05, 0) is 17.7 Å². The highest BCUT2D eigenvalue weighted by molar-refractivity contribution is 6.34. The van der Waals surface area contributed by atoms with Gasteiger partial charge < -0.3 is 19.8 Å². The van der Waals surface area contributed by atoms with E-state index in [2.05, 4.69) is 15.2 Å². The number of nitrogens with zero attached hydrogens (tertiary/aromatic N) is 3. The molecule has 3 rings (SSSR count). The fourth-order valence-electron chi connectivity index (χ4n) is 2.52. The molecule has 0 aliphatic heterocycles. The molecule has 0 fully saturated rings. The second-order valence-electron chi connectivity index (χ2n) is 5.76. The van der Waals surface area contributed by atoms with Crippen LogP contribution in [0.25, 0.3) is 10.9 Å². The fraction of sp³-hybridized carbons (Fsp3) is 0.118. The van der Waals surface area contributed by atoms with Gasteiger partial charge in [-0.15, -0.1) is 10.2 Å². The summed E-state index contributed by atoms with van der Waals surface area (Å²) in [5.74, 6) is -2.21. The second-order valence-corrected chi connectivity index (χ2v) is 6.17. The van der Waals surface area contributed by atoms with Crippen molar-refractivity contribution >= 4 is 40.1 Å². The number of amides is 1. The molecule has 0 saturated carbocycles. The van der Waals surface area contributed by atoms with Crippen molar-refractivity contribution in [1.82, 2.24) is 9.55 Å². The van der Waals surface area contributed by atoms with Gasteiger partial charge in [0.15, 0.2) is 5.69 Å². The molecule has 0 atom stereocenters. The van der Waals surface area contributed by atoms with Crippen LogP contribution in [-0.4, -0.2) is 31.6 Å². The average Bonchev–Trinajstić information content (AvgIpc) is 2.89. The first-order valence-electron chi connectivity index (χ1n) is 7.64. The molecule has 0 saturated heterocycles. The molecule has 2 heterocycles. The number of hydrogen-bond donors (Lipinski definition) is 3. The highest BCUT2D eigenvalue weighted by atomic mass is 35.5. The summed E-state index contributed by atoms with van der Waals surface area (Å²) in [5.41, 5.74) is 0.477. The van der Waals surface area contributed by atoms with Crippen LogP contribution in [0.2, 0.25) is 5.02 Å². The van der Waals surface area contributed by atoms with Crippen molar-refractivity contribution in [2.45, 2.75) is 6.42 Å². The van der Waals surface area contributed by atoms with Gasteiger partial charge in [0.25, 0.3) is 5.91 Å². The zero-order valence-corrected chi connectivity index (χ0v) is 14.7. The van der Waals surface area contributed by atoms with Gasteiger partial charge in [0, 0.05) is 24.7 Å². The van der Waals surface area contributed by atoms with E-state index in [1.165, 1.54) is 35.0 Å². The van der Waals surface area contributed by atoms with Crippen LogP contribution in [0.3, 0.4) is 0 Å². The van der Waals surface area contributed by atoms with Crippen molar-refractivity contribution in [3.05, 3.63) is 57.0 Å². The Morgan fingerprint density at radius 1 is 1.30 bits per heavy atom. The van der Waals surface area contributed by atoms with E-state index in [-0.39, 0.29) is 39.5 Å². The smallest absolute Gasteiger partial charge is 0.337 e. The summed E-state index contributed by atoms with van der Waals surface area (Å²) in [4.78, 5) is 37.2. The number of aromatic amines is 1. The van der Waals surface area contributed by atoms with Crippen molar-refractivity contribution in [3.63, 3.8) is 0 Å². The number of hydrogen-bond acceptors (Lipinski definition) is 5. The van der Waals surface area contributed by atoms with E-state index in [1.54, 1.807) is 7.05 Å². The average molecular weight is 389 g/mol. The molecular weight excluding hydrogens is 376 g/mol. The van der Waals surface area contributed by atoms with Crippen molar-refractivity contribution in [2.24, 2.45) is 17.3 Å². The lowest BCUT2D eigenvalue weighted by Gasteiger charge is -2.00. The highest BCUT2D eigenvalue weighted by Crippen LogP contribution is 2.38. The number of aromatic nitrogens is 2. The summed E-state index contributed by atoms with van der Waals surface area (Å²) in [6.07, 6.45) is 1.42. The maximum Gasteiger partial charge on any atom is 0.337 e. The molecule has 27 heavy (non-hydrogen) atoms. The summed E-state index contributed by atoms with van der Waals surface area (Å²) >= 11 is 5.89. The molecule has 0 spiro atoms. The molecule has 3 aromatic rings. The van der Waals surface area contributed by atoms with Crippen LogP contribution in [-0.2, 0) is 18.3 Å². The van der Waals surface area contributed by atoms with E-state index in [9.17, 15) is 19.5 Å². The normalized spacial score (nSPS) is 11.3. The number of fused-ring (bicyclic) bond motifs is 1. The molecule has 0 aliphatic carbocycles. The van der Waals surface area contributed by atoms with Crippen LogP contribution >= 0.6 is 11.6 Å². The molecule has 0 aliphatic rings. The number of H-pyrrole nitrogens is 1. The molecular formula is C17H13ClN4O5. The van der Waals surface area contributed by atoms with E-state index >= 15 is 0 Å². The Kier molecular flexibility index (Phi) is 4.78. The van der Waals surface area contributed by atoms with Crippen LogP contribution in [0.1, 0.15) is 15.9 Å². The van der Waals surface area contributed by atoms with E-state index in [1.807, 2.05) is 0 Å². The summed E-state index contributed by atoms with van der Waals surface area (Å²) in [7, 11) is 1.56. The summed E-state index contributed by atoms with van der Waals surface area (Å²) < 4.78 is 1.34. The number of carboxylic acid groups (broad SMARTS) is 1. The number of benzene rings is 1. The van der Waals surface area contributed by atoms with E-state index in [4.69, 9.17) is 16.7 Å². The molecule has 1 amide bonds. The van der Waals surface area contributed by atoms with Crippen LogP contribution in [0, 0.1) is 0 Å². The molecule has 0 bridgehead atoms. The SMILES string of the molecule is Cn1cc(CC(=O)N=Nc2c(O)[nH]c3cc(Cl)c(C(=O)O)cc23)ccc1=O. The Balaban J connectivity index is 1.90. The Morgan fingerprint density at radius 3 is 2.70 bits per heavy atom. The van der Waals surface area contributed by atoms with Gasteiger partial charge in [0.2, 0.25) is 11.4 Å². The first-order chi connectivity index (χ1) is 12.8. The van der Waals surface area contributed by atoms with Crippen molar-refractivity contribution in [3.8, 4) is 5.88 Å². The number of carbonyl (C=O) groups is 2. The summed E-state index contributed by atoms with van der Waals surface area (Å²) in [6, 6.07) is 5.43. The molecule has 1 aromatic carbocycles. The predicted octanol–water partition coefficient (Wildman–Crippen LogP) is 2.78. The molecule has 3 N–H and O–H groups in total. The Hall–Kier alpha value is -3.46. The number of carboxylic acids is 1. The van der Waals surface area contributed by atoms with Crippen molar-refractivity contribution in [2.75, 3.05) is 0 Å². The number of halogens is 1. The highest BCUT2D eigenvalue weighted by Gasteiger charge is 2.17. The van der Waals surface area contributed by atoms with Crippen LogP contribution in [0.4, 0.5) is 5.69 Å². The van der Waals surface area contributed by atoms with Gasteiger partial charge in [-0.25, -0.2) is 4.79 Å². The number of aromatic hydroxyl groups is 1. The standard InChI is InChI=1S/C17H13ClN4O5/c1-22-7-8(2-3-14(22)24)4-13(23)20-21-15-10-5-9(17(26)27)11(18)6-12(10)19-16(15)25/h2-3,5-7,19,25H,4H2,1H3,(H,26,27). The molecule has 0 radical (unpaired) electrons. The lowest BCUT2D eigenvalue weighted by atomic mass is 10.1. The largest absolute Gasteiger partial charge is 0.493 e. The molecule has 138 valence electrons. The van der Waals surface area contributed by atoms with Gasteiger partial charge in [-0.2, -0.15) is 0 Å². The van der Waals surface area contributed by atoms with E-state index < -0.39 is 11.9 Å². The minimum Gasteiger partial charge on any atom is -0.493 e. The quantitative estimate of drug-likeness (QED) is 0.590. The molecule has 10 heteroatoms. The number of nitrogens with one attached hydrogen (secondary N) is 1. The summed E-state index contributed by atoms with van der Waals surface area (Å²) in [6.45, 7) is 0. The third-order valence-corrected chi connectivity index (χ3v) is 4.15. The number of rotatable bonds is 4. The molecule has 9 nitrogen and oxygen atoms in total. The third-order valence-electron chi connectivity index (χ3n) is 3.83. The monoisotopic (exact) mass is 388 g/mol. The minimum atomic E-state index is -1.24. The van der Waals surface area contributed by atoms with E-state index in [0.29, 0.717) is 11.1 Å². The third kappa shape index (κ3) is 3.72. The predicted molar refractivity (Wildman–Crippen MR) is 96.8 cm³/mol. The zero-order chi connectivity index (χ0) is 19.7. The Bertz CT molecular complexity index is 1160. The number of azo groups is 1. The molecule has 0 unspecified atom stereocenters. The van der Waals surface area contributed by atoms with Crippen LogP contribution in [0.15, 0.2) is 45.5 Å². The Labute approximate surface area is 156 Å². The van der Waals surface area contributed by atoms with E-state index in [0.717, 1.165) is 0 Å². The summed E-state index contributed by atoms with van der Waals surface area (Å²) in [5, 5.41) is 26.7. The lowest BCUT2D eigenvalue weighted by molar-refractivity contribution is -0.117. The van der Waals surface area contributed by atoms with Gasteiger partial charge in [-0.3, -0.25) is 9.59 Å². The number of carbonyl (C=O) groups excluding carboxylic acids is 1. The number of aryl methyl sites for hydroxylation is 1. The van der Waals surface area contributed by atoms with Gasteiger partial charge in [0.05, 0.1) is 22.5 Å². The second kappa shape index (κ2) is 7.04. The first kappa shape index (κ1) is 18.3. The number of aromatic carboxylic acids is 1. The van der Waals surface area contributed by atoms with Gasteiger partial charge >= 0.3 is 5.97 Å². The minimum absolute atomic E-state index is 0.00879. The van der Waals surface area contributed by atoms with Gasteiger partial charge in [-0.1, -0.05) is 17.7 Å². The Morgan fingerprint density at radius 2 is 2.04 bits per heavy atom. The van der Waals surface area contributed by atoms with Crippen LogP contribution in [0.5, 0.6) is 5.88 Å². The topological polar surface area (TPSA) is 137 Å². The van der Waals surface area contributed by atoms with Gasteiger partial charge in [0.1, 0.15) is 0 Å².